The predicted molar refractivity (Wildman–Crippen MR) is 99.7 cm³/mol. The van der Waals surface area contributed by atoms with E-state index in [0.29, 0.717) is 6.42 Å². The summed E-state index contributed by atoms with van der Waals surface area (Å²) in [5.41, 5.74) is 5.24. The van der Waals surface area contributed by atoms with Crippen molar-refractivity contribution in [3.05, 3.63) is 53.1 Å². The van der Waals surface area contributed by atoms with Crippen LogP contribution in [0.3, 0.4) is 0 Å². The van der Waals surface area contributed by atoms with Gasteiger partial charge in [0.25, 0.3) is 0 Å². The molecule has 0 radical (unpaired) electrons. The standard InChI is InChI=1S/C18H18N2OS2/c1-11-4-5-13(12(2)8-11)9-17(21)19-14-6-7-15-16(10-14)23-18(20-15)22-3/h4-8,10H,9H2,1-3H3,(H,19,21). The van der Waals surface area contributed by atoms with E-state index in [0.717, 1.165) is 31.4 Å². The summed E-state index contributed by atoms with van der Waals surface area (Å²) in [5, 5.41) is 2.98. The molecule has 0 spiro atoms. The number of nitrogens with one attached hydrogen (secondary N) is 1. The Bertz CT molecular complexity index is 871. The summed E-state index contributed by atoms with van der Waals surface area (Å²) < 4.78 is 2.14. The lowest BCUT2D eigenvalue weighted by Crippen LogP contribution is -2.15. The van der Waals surface area contributed by atoms with Gasteiger partial charge in [-0.3, -0.25) is 4.79 Å². The second-order valence-corrected chi connectivity index (χ2v) is 7.61. The number of benzene rings is 2. The lowest BCUT2D eigenvalue weighted by Gasteiger charge is -2.08. The summed E-state index contributed by atoms with van der Waals surface area (Å²) in [4.78, 5) is 16.8. The van der Waals surface area contributed by atoms with E-state index < -0.39 is 0 Å². The molecule has 1 N–H and O–H groups in total. The molecule has 23 heavy (non-hydrogen) atoms. The van der Waals surface area contributed by atoms with E-state index in [1.54, 1.807) is 23.1 Å². The molecule has 5 heteroatoms. The summed E-state index contributed by atoms with van der Waals surface area (Å²) >= 11 is 3.29. The highest BCUT2D eigenvalue weighted by Crippen LogP contribution is 2.30. The molecule has 1 amide bonds. The largest absolute Gasteiger partial charge is 0.326 e. The van der Waals surface area contributed by atoms with Gasteiger partial charge in [-0.25, -0.2) is 4.98 Å². The SMILES string of the molecule is CSc1nc2ccc(NC(=O)Cc3ccc(C)cc3C)cc2s1. The van der Waals surface area contributed by atoms with E-state index >= 15 is 0 Å². The van der Waals surface area contributed by atoms with Crippen molar-refractivity contribution in [3.63, 3.8) is 0 Å². The van der Waals surface area contributed by atoms with E-state index in [4.69, 9.17) is 0 Å². The van der Waals surface area contributed by atoms with Crippen molar-refractivity contribution in [1.82, 2.24) is 4.98 Å². The van der Waals surface area contributed by atoms with E-state index in [1.807, 2.05) is 43.5 Å². The fraction of sp³-hybridized carbons (Fsp3) is 0.222. The Morgan fingerprint density at radius 1 is 1.22 bits per heavy atom. The Morgan fingerprint density at radius 2 is 2.04 bits per heavy atom. The Hall–Kier alpha value is -1.85. The number of fused-ring (bicyclic) bond motifs is 1. The number of rotatable bonds is 4. The summed E-state index contributed by atoms with van der Waals surface area (Å²) in [7, 11) is 0. The first kappa shape index (κ1) is 16.0. The van der Waals surface area contributed by atoms with Gasteiger partial charge in [0.05, 0.1) is 16.6 Å². The third-order valence-electron chi connectivity index (χ3n) is 3.68. The number of thiazole rings is 1. The van der Waals surface area contributed by atoms with Crippen LogP contribution in [0, 0.1) is 13.8 Å². The minimum absolute atomic E-state index is 0.00547. The highest BCUT2D eigenvalue weighted by molar-refractivity contribution is 8.00. The van der Waals surface area contributed by atoms with Crippen molar-refractivity contribution in [2.45, 2.75) is 24.6 Å². The summed E-state index contributed by atoms with van der Waals surface area (Å²) in [6, 6.07) is 12.0. The Morgan fingerprint density at radius 3 is 2.78 bits per heavy atom. The van der Waals surface area contributed by atoms with Crippen molar-refractivity contribution in [2.24, 2.45) is 0 Å². The number of carbonyl (C=O) groups excluding carboxylic acids is 1. The molecule has 1 heterocycles. The molecule has 0 saturated heterocycles. The number of thioether (sulfide) groups is 1. The fourth-order valence-electron chi connectivity index (χ4n) is 2.49. The van der Waals surface area contributed by atoms with Crippen LogP contribution in [-0.2, 0) is 11.2 Å². The van der Waals surface area contributed by atoms with Crippen LogP contribution < -0.4 is 5.32 Å². The zero-order valence-electron chi connectivity index (χ0n) is 13.3. The van der Waals surface area contributed by atoms with Crippen molar-refractivity contribution in [1.29, 1.82) is 0 Å². The molecule has 3 rings (SSSR count). The number of anilines is 1. The normalized spacial score (nSPS) is 10.9. The van der Waals surface area contributed by atoms with Crippen LogP contribution in [0.15, 0.2) is 40.7 Å². The molecule has 3 nitrogen and oxygen atoms in total. The first-order valence-corrected chi connectivity index (χ1v) is 9.40. The number of hydrogen-bond acceptors (Lipinski definition) is 4. The summed E-state index contributed by atoms with van der Waals surface area (Å²) in [6.07, 6.45) is 2.41. The van der Waals surface area contributed by atoms with Crippen molar-refractivity contribution >= 4 is 44.9 Å². The highest BCUT2D eigenvalue weighted by atomic mass is 32.2. The molecule has 0 aliphatic carbocycles. The Labute approximate surface area is 144 Å². The van der Waals surface area contributed by atoms with Gasteiger partial charge in [-0.1, -0.05) is 35.5 Å². The fourth-order valence-corrected chi connectivity index (χ4v) is 4.02. The molecule has 2 aromatic carbocycles. The van der Waals surface area contributed by atoms with E-state index in [-0.39, 0.29) is 5.91 Å². The molecule has 0 unspecified atom stereocenters. The van der Waals surface area contributed by atoms with E-state index in [2.05, 4.69) is 23.3 Å². The summed E-state index contributed by atoms with van der Waals surface area (Å²) in [6.45, 7) is 4.10. The molecule has 0 aliphatic heterocycles. The molecular weight excluding hydrogens is 324 g/mol. The number of hydrogen-bond donors (Lipinski definition) is 1. The van der Waals surface area contributed by atoms with Gasteiger partial charge in [0, 0.05) is 5.69 Å². The number of aryl methyl sites for hydroxylation is 2. The minimum Gasteiger partial charge on any atom is -0.326 e. The van der Waals surface area contributed by atoms with Crippen molar-refractivity contribution in [2.75, 3.05) is 11.6 Å². The van der Waals surface area contributed by atoms with Crippen molar-refractivity contribution in [3.8, 4) is 0 Å². The van der Waals surface area contributed by atoms with Gasteiger partial charge in [0.2, 0.25) is 5.91 Å². The van der Waals surface area contributed by atoms with Gasteiger partial charge in [0.15, 0.2) is 4.34 Å². The topological polar surface area (TPSA) is 42.0 Å². The summed E-state index contributed by atoms with van der Waals surface area (Å²) in [5.74, 6) is 0.00547. The average Bonchev–Trinajstić information content (AvgIpc) is 2.92. The number of carbonyl (C=O) groups is 1. The molecule has 1 aromatic heterocycles. The van der Waals surface area contributed by atoms with Gasteiger partial charge in [0.1, 0.15) is 0 Å². The molecule has 118 valence electrons. The number of amides is 1. The van der Waals surface area contributed by atoms with E-state index in [9.17, 15) is 4.79 Å². The average molecular weight is 342 g/mol. The Kier molecular flexibility index (Phi) is 4.68. The molecular formula is C18H18N2OS2. The second kappa shape index (κ2) is 6.72. The monoisotopic (exact) mass is 342 g/mol. The lowest BCUT2D eigenvalue weighted by molar-refractivity contribution is -0.115. The Balaban J connectivity index is 1.74. The quantitative estimate of drug-likeness (QED) is 0.691. The van der Waals surface area contributed by atoms with Gasteiger partial charge < -0.3 is 5.32 Å². The second-order valence-electron chi connectivity index (χ2n) is 5.52. The van der Waals surface area contributed by atoms with Crippen LogP contribution in [0.4, 0.5) is 5.69 Å². The third kappa shape index (κ3) is 3.74. The van der Waals surface area contributed by atoms with Crippen LogP contribution in [0.25, 0.3) is 10.2 Å². The molecule has 0 bridgehead atoms. The van der Waals surface area contributed by atoms with Gasteiger partial charge in [-0.15, -0.1) is 11.3 Å². The van der Waals surface area contributed by atoms with Crippen LogP contribution in [0.2, 0.25) is 0 Å². The smallest absolute Gasteiger partial charge is 0.228 e. The van der Waals surface area contributed by atoms with Crippen LogP contribution >= 0.6 is 23.1 Å². The van der Waals surface area contributed by atoms with Crippen LogP contribution in [-0.4, -0.2) is 17.1 Å². The van der Waals surface area contributed by atoms with Crippen LogP contribution in [0.5, 0.6) is 0 Å². The first-order chi connectivity index (χ1) is 11.0. The van der Waals surface area contributed by atoms with Crippen LogP contribution in [0.1, 0.15) is 16.7 Å². The van der Waals surface area contributed by atoms with E-state index in [1.165, 1.54) is 5.56 Å². The zero-order chi connectivity index (χ0) is 16.4. The number of aromatic nitrogens is 1. The minimum atomic E-state index is 0.00547. The maximum absolute atomic E-state index is 12.3. The predicted octanol–water partition coefficient (Wildman–Crippen LogP) is 4.82. The molecule has 0 fully saturated rings. The highest BCUT2D eigenvalue weighted by Gasteiger charge is 2.09. The molecule has 0 saturated carbocycles. The van der Waals surface area contributed by atoms with Crippen molar-refractivity contribution < 1.29 is 4.79 Å². The van der Waals surface area contributed by atoms with Gasteiger partial charge in [-0.05, 0) is 49.4 Å². The van der Waals surface area contributed by atoms with Gasteiger partial charge in [-0.2, -0.15) is 0 Å². The molecule has 3 aromatic rings. The third-order valence-corrected chi connectivity index (χ3v) is 5.68. The maximum Gasteiger partial charge on any atom is 0.228 e. The molecule has 0 aliphatic rings. The number of nitrogens with zero attached hydrogens (tertiary/aromatic N) is 1. The first-order valence-electron chi connectivity index (χ1n) is 7.36. The van der Waals surface area contributed by atoms with Gasteiger partial charge >= 0.3 is 0 Å². The lowest BCUT2D eigenvalue weighted by atomic mass is 10.0. The molecule has 0 atom stereocenters. The maximum atomic E-state index is 12.3. The zero-order valence-corrected chi connectivity index (χ0v) is 15.0.